The Morgan fingerprint density at radius 3 is 3.05 bits per heavy atom. The highest BCUT2D eigenvalue weighted by atomic mass is 16.5. The third-order valence-electron chi connectivity index (χ3n) is 3.84. The second-order valence-corrected chi connectivity index (χ2v) is 5.27. The highest BCUT2D eigenvalue weighted by Gasteiger charge is 2.29. The molecule has 2 aliphatic heterocycles. The minimum Gasteiger partial charge on any atom is -0.376 e. The first-order valence-corrected chi connectivity index (χ1v) is 7.02. The molecule has 0 spiro atoms. The van der Waals surface area contributed by atoms with Gasteiger partial charge in [-0.25, -0.2) is 0 Å². The van der Waals surface area contributed by atoms with Crippen LogP contribution in [0.1, 0.15) is 28.8 Å². The summed E-state index contributed by atoms with van der Waals surface area (Å²) in [6.07, 6.45) is 2.69. The van der Waals surface area contributed by atoms with Crippen molar-refractivity contribution in [3.8, 4) is 0 Å². The summed E-state index contributed by atoms with van der Waals surface area (Å²) in [6, 6.07) is 6.91. The minimum atomic E-state index is -0.487. The van der Waals surface area contributed by atoms with Crippen molar-refractivity contribution in [2.75, 3.05) is 13.2 Å². The smallest absolute Gasteiger partial charge is 0.252 e. The summed E-state index contributed by atoms with van der Waals surface area (Å²) in [5, 5.41) is 5.62. The highest BCUT2D eigenvalue weighted by molar-refractivity contribution is 6.00. The fraction of sp³-hybridized carbons (Fsp3) is 0.467. The van der Waals surface area contributed by atoms with E-state index in [9.17, 15) is 9.59 Å². The molecule has 0 saturated carbocycles. The molecule has 5 heteroatoms. The van der Waals surface area contributed by atoms with Gasteiger partial charge in [-0.3, -0.25) is 9.59 Å². The van der Waals surface area contributed by atoms with E-state index >= 15 is 0 Å². The van der Waals surface area contributed by atoms with Crippen molar-refractivity contribution >= 4 is 11.8 Å². The van der Waals surface area contributed by atoms with Gasteiger partial charge in [-0.2, -0.15) is 0 Å². The molecule has 0 bridgehead atoms. The minimum absolute atomic E-state index is 0.116. The van der Waals surface area contributed by atoms with Gasteiger partial charge in [0.15, 0.2) is 0 Å². The normalized spacial score (nSPS) is 24.9. The van der Waals surface area contributed by atoms with Crippen molar-refractivity contribution in [3.63, 3.8) is 0 Å². The van der Waals surface area contributed by atoms with Gasteiger partial charge in [0.2, 0.25) is 5.91 Å². The lowest BCUT2D eigenvalue weighted by molar-refractivity contribution is -0.123. The molecular weight excluding hydrogens is 256 g/mol. The predicted molar refractivity (Wildman–Crippen MR) is 73.4 cm³/mol. The van der Waals surface area contributed by atoms with Gasteiger partial charge in [-0.15, -0.1) is 0 Å². The lowest BCUT2D eigenvalue weighted by atomic mass is 9.95. The molecule has 2 amide bonds. The van der Waals surface area contributed by atoms with Crippen LogP contribution in [0, 0.1) is 0 Å². The van der Waals surface area contributed by atoms with Gasteiger partial charge in [0.25, 0.3) is 5.91 Å². The summed E-state index contributed by atoms with van der Waals surface area (Å²) in [5.41, 5.74) is 1.59. The Kier molecular flexibility index (Phi) is 3.69. The average molecular weight is 274 g/mol. The van der Waals surface area contributed by atoms with Crippen molar-refractivity contribution in [3.05, 3.63) is 35.4 Å². The van der Waals surface area contributed by atoms with E-state index in [0.717, 1.165) is 25.0 Å². The van der Waals surface area contributed by atoms with Crippen LogP contribution in [0.2, 0.25) is 0 Å². The maximum Gasteiger partial charge on any atom is 0.252 e. The summed E-state index contributed by atoms with van der Waals surface area (Å²) in [6.45, 7) is 1.29. The van der Waals surface area contributed by atoms with E-state index < -0.39 is 6.04 Å². The van der Waals surface area contributed by atoms with Crippen molar-refractivity contribution < 1.29 is 14.3 Å². The zero-order valence-corrected chi connectivity index (χ0v) is 11.2. The third-order valence-corrected chi connectivity index (χ3v) is 3.84. The van der Waals surface area contributed by atoms with Gasteiger partial charge in [-0.05, 0) is 24.5 Å². The number of hydrogen-bond donors (Lipinski definition) is 2. The van der Waals surface area contributed by atoms with Crippen LogP contribution in [-0.4, -0.2) is 37.1 Å². The number of carbonyl (C=O) groups is 2. The van der Waals surface area contributed by atoms with Crippen LogP contribution < -0.4 is 10.6 Å². The lowest BCUT2D eigenvalue weighted by Crippen LogP contribution is -2.51. The van der Waals surface area contributed by atoms with Gasteiger partial charge in [0.05, 0.1) is 6.10 Å². The maximum absolute atomic E-state index is 12.1. The molecule has 106 valence electrons. The topological polar surface area (TPSA) is 67.4 Å². The molecule has 1 fully saturated rings. The summed E-state index contributed by atoms with van der Waals surface area (Å²) in [4.78, 5) is 24.1. The van der Waals surface area contributed by atoms with E-state index in [1.807, 2.05) is 18.2 Å². The first-order valence-electron chi connectivity index (χ1n) is 7.02. The largest absolute Gasteiger partial charge is 0.376 e. The quantitative estimate of drug-likeness (QED) is 0.850. The predicted octanol–water partition coefficient (Wildman–Crippen LogP) is 0.636. The van der Waals surface area contributed by atoms with Gasteiger partial charge in [-0.1, -0.05) is 18.2 Å². The lowest BCUT2D eigenvalue weighted by Gasteiger charge is -2.25. The SMILES string of the molecule is O=C1NC(C(=O)NCC2CCCO2)Cc2ccccc21. The second kappa shape index (κ2) is 5.63. The molecule has 1 aromatic carbocycles. The van der Waals surface area contributed by atoms with Crippen LogP contribution in [0.4, 0.5) is 0 Å². The van der Waals surface area contributed by atoms with E-state index in [2.05, 4.69) is 10.6 Å². The van der Waals surface area contributed by atoms with Crippen molar-refractivity contribution in [1.82, 2.24) is 10.6 Å². The van der Waals surface area contributed by atoms with Crippen LogP contribution in [0.3, 0.4) is 0 Å². The van der Waals surface area contributed by atoms with E-state index in [1.165, 1.54) is 0 Å². The molecule has 5 nitrogen and oxygen atoms in total. The van der Waals surface area contributed by atoms with E-state index in [4.69, 9.17) is 4.74 Å². The Bertz CT molecular complexity index is 524. The Morgan fingerprint density at radius 1 is 1.40 bits per heavy atom. The van der Waals surface area contributed by atoms with Crippen molar-refractivity contribution in [1.29, 1.82) is 0 Å². The van der Waals surface area contributed by atoms with Crippen LogP contribution in [-0.2, 0) is 16.0 Å². The molecule has 0 aromatic heterocycles. The number of fused-ring (bicyclic) bond motifs is 1. The van der Waals surface area contributed by atoms with E-state index in [0.29, 0.717) is 18.5 Å². The van der Waals surface area contributed by atoms with Crippen LogP contribution in [0.5, 0.6) is 0 Å². The first kappa shape index (κ1) is 13.1. The molecule has 2 aliphatic rings. The van der Waals surface area contributed by atoms with Gasteiger partial charge < -0.3 is 15.4 Å². The first-order chi connectivity index (χ1) is 9.74. The number of hydrogen-bond acceptors (Lipinski definition) is 3. The number of ether oxygens (including phenoxy) is 1. The highest BCUT2D eigenvalue weighted by Crippen LogP contribution is 2.16. The molecule has 2 heterocycles. The number of nitrogens with one attached hydrogen (secondary N) is 2. The zero-order chi connectivity index (χ0) is 13.9. The number of benzene rings is 1. The summed E-state index contributed by atoms with van der Waals surface area (Å²) in [7, 11) is 0. The van der Waals surface area contributed by atoms with Crippen molar-refractivity contribution in [2.24, 2.45) is 0 Å². The van der Waals surface area contributed by atoms with Crippen LogP contribution in [0.25, 0.3) is 0 Å². The van der Waals surface area contributed by atoms with E-state index in [-0.39, 0.29) is 17.9 Å². The Hall–Kier alpha value is -1.88. The molecule has 0 aliphatic carbocycles. The Balaban J connectivity index is 1.61. The summed E-state index contributed by atoms with van der Waals surface area (Å²) < 4.78 is 5.47. The maximum atomic E-state index is 12.1. The average Bonchev–Trinajstić information content (AvgIpc) is 2.98. The molecule has 1 saturated heterocycles. The van der Waals surface area contributed by atoms with Gasteiger partial charge >= 0.3 is 0 Å². The molecule has 20 heavy (non-hydrogen) atoms. The Morgan fingerprint density at radius 2 is 2.25 bits per heavy atom. The standard InChI is InChI=1S/C15H18N2O3/c18-14-12-6-2-1-4-10(12)8-13(17-14)15(19)16-9-11-5-3-7-20-11/h1-2,4,6,11,13H,3,5,7-9H2,(H,16,19)(H,17,18). The number of amides is 2. The van der Waals surface area contributed by atoms with Crippen LogP contribution >= 0.6 is 0 Å². The van der Waals surface area contributed by atoms with Gasteiger partial charge in [0, 0.05) is 25.1 Å². The summed E-state index contributed by atoms with van der Waals surface area (Å²) in [5.74, 6) is -0.313. The molecule has 3 rings (SSSR count). The van der Waals surface area contributed by atoms with Crippen molar-refractivity contribution in [2.45, 2.75) is 31.4 Å². The summed E-state index contributed by atoms with van der Waals surface area (Å²) >= 11 is 0. The fourth-order valence-electron chi connectivity index (χ4n) is 2.73. The third kappa shape index (κ3) is 2.67. The monoisotopic (exact) mass is 274 g/mol. The molecule has 1 aromatic rings. The molecular formula is C15H18N2O3. The molecule has 0 radical (unpaired) electrons. The van der Waals surface area contributed by atoms with Gasteiger partial charge in [0.1, 0.15) is 6.04 Å². The molecule has 2 N–H and O–H groups in total. The fourth-order valence-corrected chi connectivity index (χ4v) is 2.73. The number of rotatable bonds is 3. The van der Waals surface area contributed by atoms with Crippen LogP contribution in [0.15, 0.2) is 24.3 Å². The molecule has 2 atom stereocenters. The zero-order valence-electron chi connectivity index (χ0n) is 11.2. The molecule has 2 unspecified atom stereocenters. The second-order valence-electron chi connectivity index (χ2n) is 5.27. The number of carbonyl (C=O) groups excluding carboxylic acids is 2. The van der Waals surface area contributed by atoms with E-state index in [1.54, 1.807) is 6.07 Å². The Labute approximate surface area is 117 Å².